The first kappa shape index (κ1) is 12.2. The zero-order valence-corrected chi connectivity index (χ0v) is 10.7. The van der Waals surface area contributed by atoms with Gasteiger partial charge >= 0.3 is 0 Å². The number of benzene rings is 1. The van der Waals surface area contributed by atoms with Crippen molar-refractivity contribution in [3.05, 3.63) is 30.3 Å². The maximum Gasteiger partial charge on any atom is 0.248 e. The Morgan fingerprint density at radius 3 is 2.76 bits per heavy atom. The molecule has 0 atom stereocenters. The molecular formula is C13H16N2OS. The van der Waals surface area contributed by atoms with Crippen molar-refractivity contribution in [1.82, 2.24) is 5.01 Å². The standard InChI is InChI=1S/C13H16N2OS/c1-2-11-10-13(16)15(14-11)8-9-17-12-6-4-3-5-7-12/h3-7H,2,8-10H2,1H3. The third kappa shape index (κ3) is 3.33. The molecule has 0 aliphatic carbocycles. The minimum Gasteiger partial charge on any atom is -0.273 e. The number of carbonyl (C=O) groups excluding carboxylic acids is 1. The Bertz CT molecular complexity index is 417. The smallest absolute Gasteiger partial charge is 0.248 e. The second kappa shape index (κ2) is 5.87. The van der Waals surface area contributed by atoms with Crippen LogP contribution in [-0.2, 0) is 4.79 Å². The molecule has 1 aliphatic rings. The summed E-state index contributed by atoms with van der Waals surface area (Å²) in [4.78, 5) is 12.8. The van der Waals surface area contributed by atoms with Gasteiger partial charge in [-0.25, -0.2) is 5.01 Å². The normalized spacial score (nSPS) is 15.2. The highest BCUT2D eigenvalue weighted by Crippen LogP contribution is 2.18. The molecule has 0 saturated heterocycles. The molecule has 0 radical (unpaired) electrons. The fraction of sp³-hybridized carbons (Fsp3) is 0.385. The van der Waals surface area contributed by atoms with Crippen LogP contribution in [-0.4, -0.2) is 28.9 Å². The van der Waals surface area contributed by atoms with E-state index in [1.165, 1.54) is 4.90 Å². The fourth-order valence-electron chi connectivity index (χ4n) is 1.66. The summed E-state index contributed by atoms with van der Waals surface area (Å²) >= 11 is 1.75. The molecular weight excluding hydrogens is 232 g/mol. The van der Waals surface area contributed by atoms with Gasteiger partial charge in [-0.15, -0.1) is 11.8 Å². The predicted octanol–water partition coefficient (Wildman–Crippen LogP) is 2.78. The number of rotatable bonds is 5. The highest BCUT2D eigenvalue weighted by Gasteiger charge is 2.21. The maximum atomic E-state index is 11.6. The summed E-state index contributed by atoms with van der Waals surface area (Å²) in [6.45, 7) is 2.73. The highest BCUT2D eigenvalue weighted by atomic mass is 32.2. The van der Waals surface area contributed by atoms with Crippen LogP contribution in [0, 0.1) is 0 Å². The van der Waals surface area contributed by atoms with Crippen LogP contribution >= 0.6 is 11.8 Å². The number of carbonyl (C=O) groups is 1. The molecule has 1 heterocycles. The van der Waals surface area contributed by atoms with Crippen molar-refractivity contribution in [2.45, 2.75) is 24.7 Å². The molecule has 0 spiro atoms. The summed E-state index contributed by atoms with van der Waals surface area (Å²) in [5.74, 6) is 1.02. The Morgan fingerprint density at radius 2 is 2.12 bits per heavy atom. The van der Waals surface area contributed by atoms with Gasteiger partial charge in [0.05, 0.1) is 13.0 Å². The van der Waals surface area contributed by atoms with Gasteiger partial charge in [0.2, 0.25) is 5.91 Å². The summed E-state index contributed by atoms with van der Waals surface area (Å²) in [5, 5.41) is 5.91. The van der Waals surface area contributed by atoms with E-state index in [0.717, 1.165) is 17.9 Å². The third-order valence-corrected chi connectivity index (χ3v) is 3.62. The van der Waals surface area contributed by atoms with Gasteiger partial charge in [0.25, 0.3) is 0 Å². The summed E-state index contributed by atoms with van der Waals surface area (Å²) in [6.07, 6.45) is 1.38. The summed E-state index contributed by atoms with van der Waals surface area (Å²) in [7, 11) is 0. The van der Waals surface area contributed by atoms with Crippen LogP contribution in [0.1, 0.15) is 19.8 Å². The molecule has 17 heavy (non-hydrogen) atoms. The lowest BCUT2D eigenvalue weighted by atomic mass is 10.2. The van der Waals surface area contributed by atoms with E-state index >= 15 is 0 Å². The lowest BCUT2D eigenvalue weighted by molar-refractivity contribution is -0.128. The number of amides is 1. The van der Waals surface area contributed by atoms with Crippen molar-refractivity contribution in [1.29, 1.82) is 0 Å². The third-order valence-electron chi connectivity index (χ3n) is 2.63. The van der Waals surface area contributed by atoms with Crippen LogP contribution in [0.5, 0.6) is 0 Å². The topological polar surface area (TPSA) is 32.7 Å². The second-order valence-electron chi connectivity index (χ2n) is 3.87. The molecule has 1 aromatic rings. The minimum absolute atomic E-state index is 0.135. The Hall–Kier alpha value is -1.29. The lowest BCUT2D eigenvalue weighted by Gasteiger charge is -2.10. The zero-order valence-electron chi connectivity index (χ0n) is 9.93. The van der Waals surface area contributed by atoms with E-state index < -0.39 is 0 Å². The first-order chi connectivity index (χ1) is 8.29. The van der Waals surface area contributed by atoms with Crippen molar-refractivity contribution in [3.63, 3.8) is 0 Å². The quantitative estimate of drug-likeness (QED) is 0.751. The zero-order chi connectivity index (χ0) is 12.1. The Morgan fingerprint density at radius 1 is 1.35 bits per heavy atom. The Kier molecular flexibility index (Phi) is 4.20. The summed E-state index contributed by atoms with van der Waals surface area (Å²) in [6, 6.07) is 10.2. The van der Waals surface area contributed by atoms with E-state index in [-0.39, 0.29) is 5.91 Å². The molecule has 2 rings (SSSR count). The molecule has 1 aliphatic heterocycles. The van der Waals surface area contributed by atoms with Crippen LogP contribution in [0.25, 0.3) is 0 Å². The van der Waals surface area contributed by atoms with Gasteiger partial charge in [0, 0.05) is 16.4 Å². The van der Waals surface area contributed by atoms with Crippen molar-refractivity contribution in [2.24, 2.45) is 5.10 Å². The molecule has 0 N–H and O–H groups in total. The van der Waals surface area contributed by atoms with Gasteiger partial charge in [-0.2, -0.15) is 5.10 Å². The van der Waals surface area contributed by atoms with Crippen LogP contribution in [0.3, 0.4) is 0 Å². The fourth-order valence-corrected chi connectivity index (χ4v) is 2.51. The SMILES string of the molecule is CCC1=NN(CCSc2ccccc2)C(=O)C1. The number of hydrogen-bond acceptors (Lipinski definition) is 3. The van der Waals surface area contributed by atoms with E-state index in [9.17, 15) is 4.79 Å². The maximum absolute atomic E-state index is 11.6. The monoisotopic (exact) mass is 248 g/mol. The van der Waals surface area contributed by atoms with Gasteiger partial charge in [-0.1, -0.05) is 25.1 Å². The van der Waals surface area contributed by atoms with Gasteiger partial charge in [-0.05, 0) is 18.6 Å². The van der Waals surface area contributed by atoms with Gasteiger partial charge < -0.3 is 0 Å². The van der Waals surface area contributed by atoms with Gasteiger partial charge in [0.15, 0.2) is 0 Å². The Balaban J connectivity index is 1.79. The minimum atomic E-state index is 0.135. The molecule has 0 fully saturated rings. The van der Waals surface area contributed by atoms with E-state index in [1.54, 1.807) is 16.8 Å². The number of nitrogens with zero attached hydrogens (tertiary/aromatic N) is 2. The summed E-state index contributed by atoms with van der Waals surface area (Å²) < 4.78 is 0. The Labute approximate surface area is 106 Å². The molecule has 0 aromatic heterocycles. The summed E-state index contributed by atoms with van der Waals surface area (Å²) in [5.41, 5.74) is 1.000. The molecule has 0 unspecified atom stereocenters. The average molecular weight is 248 g/mol. The van der Waals surface area contributed by atoms with Gasteiger partial charge in [-0.3, -0.25) is 4.79 Å². The van der Waals surface area contributed by atoms with Gasteiger partial charge in [0.1, 0.15) is 0 Å². The van der Waals surface area contributed by atoms with Crippen molar-refractivity contribution in [3.8, 4) is 0 Å². The highest BCUT2D eigenvalue weighted by molar-refractivity contribution is 7.99. The molecule has 4 heteroatoms. The lowest BCUT2D eigenvalue weighted by Crippen LogP contribution is -2.23. The molecule has 0 bridgehead atoms. The molecule has 0 saturated carbocycles. The molecule has 1 aromatic carbocycles. The first-order valence-electron chi connectivity index (χ1n) is 5.84. The largest absolute Gasteiger partial charge is 0.273 e. The van der Waals surface area contributed by atoms with Crippen molar-refractivity contribution in [2.75, 3.05) is 12.3 Å². The van der Waals surface area contributed by atoms with Crippen LogP contribution in [0.15, 0.2) is 40.3 Å². The molecule has 1 amide bonds. The van der Waals surface area contributed by atoms with E-state index in [1.807, 2.05) is 25.1 Å². The molecule has 90 valence electrons. The second-order valence-corrected chi connectivity index (χ2v) is 5.04. The van der Waals surface area contributed by atoms with Crippen LogP contribution in [0.4, 0.5) is 0 Å². The number of thioether (sulfide) groups is 1. The predicted molar refractivity (Wildman–Crippen MR) is 71.2 cm³/mol. The van der Waals surface area contributed by atoms with Crippen molar-refractivity contribution < 1.29 is 4.79 Å². The van der Waals surface area contributed by atoms with Crippen LogP contribution < -0.4 is 0 Å². The van der Waals surface area contributed by atoms with Crippen LogP contribution in [0.2, 0.25) is 0 Å². The van der Waals surface area contributed by atoms with Crippen molar-refractivity contribution >= 4 is 23.4 Å². The number of hydrogen-bond donors (Lipinski definition) is 0. The van der Waals surface area contributed by atoms with E-state index in [0.29, 0.717) is 13.0 Å². The molecule has 3 nitrogen and oxygen atoms in total. The van der Waals surface area contributed by atoms with E-state index in [2.05, 4.69) is 17.2 Å². The average Bonchev–Trinajstić information content (AvgIpc) is 2.72. The number of hydrazone groups is 1. The van der Waals surface area contributed by atoms with E-state index in [4.69, 9.17) is 0 Å². The first-order valence-corrected chi connectivity index (χ1v) is 6.82.